The maximum Gasteiger partial charge on any atom is 0.0462 e. The van der Waals surface area contributed by atoms with E-state index in [0.29, 0.717) is 5.92 Å². The van der Waals surface area contributed by atoms with Gasteiger partial charge in [0, 0.05) is 23.0 Å². The Morgan fingerprint density at radius 2 is 1.81 bits per heavy atom. The van der Waals surface area contributed by atoms with E-state index in [4.69, 9.17) is 0 Å². The van der Waals surface area contributed by atoms with Gasteiger partial charge in [-0.3, -0.25) is 0 Å². The number of aryl methyl sites for hydroxylation is 3. The maximum atomic E-state index is 3.42. The van der Waals surface area contributed by atoms with Gasteiger partial charge >= 0.3 is 0 Å². The number of hydrogen-bond acceptors (Lipinski definition) is 0. The summed E-state index contributed by atoms with van der Waals surface area (Å²) in [5.74, 6) is 0.545. The van der Waals surface area contributed by atoms with Crippen LogP contribution in [0.5, 0.6) is 0 Å². The fourth-order valence-corrected chi connectivity index (χ4v) is 4.62. The second kappa shape index (κ2) is 5.88. The highest BCUT2D eigenvalue weighted by molar-refractivity contribution is 6.03. The van der Waals surface area contributed by atoms with Crippen LogP contribution in [0.25, 0.3) is 27.8 Å². The average molecular weight is 337 g/mol. The van der Waals surface area contributed by atoms with Gasteiger partial charge in [0.25, 0.3) is 0 Å². The van der Waals surface area contributed by atoms with Crippen LogP contribution >= 0.6 is 0 Å². The van der Waals surface area contributed by atoms with Gasteiger partial charge in [-0.05, 0) is 77.4 Å². The van der Waals surface area contributed by atoms with Crippen molar-refractivity contribution in [3.8, 4) is 0 Å². The van der Waals surface area contributed by atoms with Gasteiger partial charge in [0.05, 0.1) is 0 Å². The molecule has 0 fully saturated rings. The molecule has 1 aromatic heterocycles. The summed E-state index contributed by atoms with van der Waals surface area (Å²) in [6.45, 7) is 4.51. The molecule has 1 aliphatic rings. The number of aromatic nitrogens is 1. The molecule has 4 aromatic rings. The molecule has 0 amide bonds. The highest BCUT2D eigenvalue weighted by atomic mass is 14.6. The molecule has 1 heteroatoms. The summed E-state index contributed by atoms with van der Waals surface area (Å²) in [6.07, 6.45) is 8.96. The Morgan fingerprint density at radius 1 is 0.923 bits per heavy atom. The Kier molecular flexibility index (Phi) is 3.49. The SMILES string of the molecule is Cc1cc2c(C)c3ccc[nH]c3cc2c1CCC1C=Cc2ccccc21. The van der Waals surface area contributed by atoms with Crippen LogP contribution in [0, 0.1) is 13.8 Å². The summed E-state index contributed by atoms with van der Waals surface area (Å²) in [6, 6.07) is 17.8. The van der Waals surface area contributed by atoms with Crippen molar-refractivity contribution in [2.75, 3.05) is 0 Å². The predicted octanol–water partition coefficient (Wildman–Crippen LogP) is 6.68. The molecule has 1 nitrogen and oxygen atoms in total. The van der Waals surface area contributed by atoms with Gasteiger partial charge in [0.15, 0.2) is 0 Å². The summed E-state index contributed by atoms with van der Waals surface area (Å²) < 4.78 is 0. The van der Waals surface area contributed by atoms with Crippen LogP contribution in [0.15, 0.2) is 60.8 Å². The number of rotatable bonds is 3. The van der Waals surface area contributed by atoms with Gasteiger partial charge in [-0.1, -0.05) is 48.6 Å². The topological polar surface area (TPSA) is 15.8 Å². The zero-order valence-electron chi connectivity index (χ0n) is 15.3. The second-order valence-electron chi connectivity index (χ2n) is 7.53. The normalized spacial score (nSPS) is 15.8. The molecule has 3 aromatic carbocycles. The van der Waals surface area contributed by atoms with E-state index in [1.807, 2.05) is 6.20 Å². The van der Waals surface area contributed by atoms with E-state index < -0.39 is 0 Å². The zero-order chi connectivity index (χ0) is 17.7. The Balaban J connectivity index is 1.53. The monoisotopic (exact) mass is 337 g/mol. The van der Waals surface area contributed by atoms with E-state index in [-0.39, 0.29) is 0 Å². The van der Waals surface area contributed by atoms with Crippen molar-refractivity contribution < 1.29 is 0 Å². The van der Waals surface area contributed by atoms with Gasteiger partial charge in [-0.15, -0.1) is 0 Å². The Labute approximate surface area is 154 Å². The first kappa shape index (κ1) is 15.5. The number of allylic oxidation sites excluding steroid dienone is 1. The number of hydrogen-bond donors (Lipinski definition) is 1. The Hall–Kier alpha value is -2.80. The largest absolute Gasteiger partial charge is 0.361 e. The quantitative estimate of drug-likeness (QED) is 0.429. The molecule has 1 heterocycles. The molecule has 0 saturated carbocycles. The van der Waals surface area contributed by atoms with E-state index in [1.165, 1.54) is 55.9 Å². The molecule has 128 valence electrons. The lowest BCUT2D eigenvalue weighted by atomic mass is 9.92. The van der Waals surface area contributed by atoms with Crippen LogP contribution in [-0.2, 0) is 6.42 Å². The molecule has 1 aliphatic carbocycles. The summed E-state index contributed by atoms with van der Waals surface area (Å²) >= 11 is 0. The number of H-pyrrole nitrogens is 1. The van der Waals surface area contributed by atoms with Crippen molar-refractivity contribution in [3.05, 3.63) is 88.6 Å². The first-order valence-corrected chi connectivity index (χ1v) is 9.48. The van der Waals surface area contributed by atoms with Crippen LogP contribution in [-0.4, -0.2) is 4.98 Å². The van der Waals surface area contributed by atoms with Crippen LogP contribution in [0.3, 0.4) is 0 Å². The molecule has 1 atom stereocenters. The lowest BCUT2D eigenvalue weighted by Gasteiger charge is -2.12. The van der Waals surface area contributed by atoms with Crippen LogP contribution in [0.4, 0.5) is 0 Å². The molecule has 1 N–H and O–H groups in total. The minimum absolute atomic E-state index is 0.545. The molecule has 5 rings (SSSR count). The minimum atomic E-state index is 0.545. The molecule has 26 heavy (non-hydrogen) atoms. The number of benzene rings is 2. The predicted molar refractivity (Wildman–Crippen MR) is 112 cm³/mol. The lowest BCUT2D eigenvalue weighted by Crippen LogP contribution is -1.97. The highest BCUT2D eigenvalue weighted by Crippen LogP contribution is 2.37. The van der Waals surface area contributed by atoms with Gasteiger partial charge in [0.1, 0.15) is 0 Å². The third-order valence-corrected chi connectivity index (χ3v) is 6.05. The van der Waals surface area contributed by atoms with Crippen molar-refractivity contribution in [1.29, 1.82) is 0 Å². The van der Waals surface area contributed by atoms with Gasteiger partial charge < -0.3 is 4.98 Å². The van der Waals surface area contributed by atoms with Crippen LogP contribution in [0.1, 0.15) is 40.2 Å². The average Bonchev–Trinajstić information content (AvgIpc) is 3.21. The van der Waals surface area contributed by atoms with E-state index in [1.54, 1.807) is 0 Å². The van der Waals surface area contributed by atoms with Crippen LogP contribution < -0.4 is 0 Å². The molecule has 0 spiro atoms. The number of aromatic amines is 1. The molecular formula is C25H23N. The van der Waals surface area contributed by atoms with E-state index in [2.05, 4.69) is 79.5 Å². The third-order valence-electron chi connectivity index (χ3n) is 6.05. The summed E-state index contributed by atoms with van der Waals surface area (Å²) in [4.78, 5) is 3.42. The van der Waals surface area contributed by atoms with Crippen molar-refractivity contribution in [3.63, 3.8) is 0 Å². The number of fused-ring (bicyclic) bond motifs is 3. The second-order valence-corrected chi connectivity index (χ2v) is 7.53. The lowest BCUT2D eigenvalue weighted by molar-refractivity contribution is 0.746. The van der Waals surface area contributed by atoms with Crippen molar-refractivity contribution in [2.24, 2.45) is 0 Å². The van der Waals surface area contributed by atoms with E-state index in [9.17, 15) is 0 Å². The van der Waals surface area contributed by atoms with Crippen molar-refractivity contribution in [2.45, 2.75) is 32.6 Å². The minimum Gasteiger partial charge on any atom is -0.361 e. The summed E-state index contributed by atoms with van der Waals surface area (Å²) in [5, 5.41) is 4.15. The number of pyridine rings is 1. The fraction of sp³-hybridized carbons (Fsp3) is 0.200. The Bertz CT molecular complexity index is 1160. The van der Waals surface area contributed by atoms with Gasteiger partial charge in [0.2, 0.25) is 0 Å². The van der Waals surface area contributed by atoms with E-state index >= 15 is 0 Å². The summed E-state index contributed by atoms with van der Waals surface area (Å²) in [7, 11) is 0. The molecule has 0 saturated heterocycles. The zero-order valence-corrected chi connectivity index (χ0v) is 15.3. The van der Waals surface area contributed by atoms with Gasteiger partial charge in [-0.25, -0.2) is 0 Å². The third kappa shape index (κ3) is 2.31. The summed E-state index contributed by atoms with van der Waals surface area (Å²) in [5.41, 5.74) is 8.42. The molecule has 0 bridgehead atoms. The van der Waals surface area contributed by atoms with Gasteiger partial charge in [-0.2, -0.15) is 0 Å². The Morgan fingerprint density at radius 3 is 2.73 bits per heavy atom. The highest BCUT2D eigenvalue weighted by Gasteiger charge is 2.18. The van der Waals surface area contributed by atoms with Crippen LogP contribution in [0.2, 0.25) is 0 Å². The molecule has 0 aliphatic heterocycles. The fourth-order valence-electron chi connectivity index (χ4n) is 4.62. The molecule has 1 unspecified atom stereocenters. The molecular weight excluding hydrogens is 314 g/mol. The van der Waals surface area contributed by atoms with Crippen molar-refractivity contribution >= 4 is 27.8 Å². The molecule has 0 radical (unpaired) electrons. The van der Waals surface area contributed by atoms with Crippen molar-refractivity contribution in [1.82, 2.24) is 4.98 Å². The number of nitrogens with one attached hydrogen (secondary N) is 1. The smallest absolute Gasteiger partial charge is 0.0462 e. The standard InChI is InChI=1S/C25H23N/c1-16-14-23-17(2)21-8-5-13-26-25(21)15-24(23)20(16)12-11-19-10-9-18-6-3-4-7-22(18)19/h3-10,13-15,19,26H,11-12H2,1-2H3. The first-order valence-electron chi connectivity index (χ1n) is 9.48. The van der Waals surface area contributed by atoms with E-state index in [0.717, 1.165) is 6.42 Å². The first-order chi connectivity index (χ1) is 12.7. The maximum absolute atomic E-state index is 3.42.